The van der Waals surface area contributed by atoms with Gasteiger partial charge in [-0.25, -0.2) is 0 Å². The maximum Gasteiger partial charge on any atom is 0.320 e. The SMILES string of the molecule is CCCCCCC(Br)C(=O)OC(C)c1ccccn1. The Bertz CT molecular complexity index is 370. The van der Waals surface area contributed by atoms with Crippen molar-refractivity contribution in [3.63, 3.8) is 0 Å². The third-order valence-electron chi connectivity index (χ3n) is 2.96. The van der Waals surface area contributed by atoms with Crippen LogP contribution in [0, 0.1) is 0 Å². The summed E-state index contributed by atoms with van der Waals surface area (Å²) in [5, 5.41) is 0. The van der Waals surface area contributed by atoms with Gasteiger partial charge in [0, 0.05) is 6.20 Å². The minimum absolute atomic E-state index is 0.199. The molecule has 0 fully saturated rings. The summed E-state index contributed by atoms with van der Waals surface area (Å²) in [5.74, 6) is -0.199. The molecule has 3 nitrogen and oxygen atoms in total. The number of unbranched alkanes of at least 4 members (excludes halogenated alkanes) is 3. The summed E-state index contributed by atoms with van der Waals surface area (Å²) in [6.07, 6.45) is 6.87. The second-order valence-corrected chi connectivity index (χ2v) is 5.76. The van der Waals surface area contributed by atoms with Gasteiger partial charge >= 0.3 is 5.97 Å². The molecule has 0 bridgehead atoms. The molecule has 106 valence electrons. The van der Waals surface area contributed by atoms with E-state index in [1.807, 2.05) is 25.1 Å². The van der Waals surface area contributed by atoms with Crippen LogP contribution in [-0.4, -0.2) is 15.8 Å². The molecule has 0 spiro atoms. The summed E-state index contributed by atoms with van der Waals surface area (Å²) < 4.78 is 5.41. The van der Waals surface area contributed by atoms with E-state index >= 15 is 0 Å². The zero-order valence-electron chi connectivity index (χ0n) is 11.6. The third kappa shape index (κ3) is 6.19. The van der Waals surface area contributed by atoms with E-state index < -0.39 is 0 Å². The van der Waals surface area contributed by atoms with E-state index in [2.05, 4.69) is 27.8 Å². The summed E-state index contributed by atoms with van der Waals surface area (Å²) in [4.78, 5) is 15.9. The lowest BCUT2D eigenvalue weighted by atomic mass is 10.1. The molecule has 0 aliphatic rings. The molecule has 2 unspecified atom stereocenters. The van der Waals surface area contributed by atoms with Gasteiger partial charge in [-0.3, -0.25) is 9.78 Å². The van der Waals surface area contributed by atoms with Crippen LogP contribution in [0.15, 0.2) is 24.4 Å². The average Bonchev–Trinajstić information content (AvgIpc) is 2.44. The fraction of sp³-hybridized carbons (Fsp3) is 0.600. The maximum atomic E-state index is 11.9. The predicted molar refractivity (Wildman–Crippen MR) is 80.2 cm³/mol. The quantitative estimate of drug-likeness (QED) is 0.403. The molecule has 0 amide bonds. The van der Waals surface area contributed by atoms with Crippen molar-refractivity contribution in [1.82, 2.24) is 4.98 Å². The van der Waals surface area contributed by atoms with Gasteiger partial charge in [0.2, 0.25) is 0 Å². The number of aromatic nitrogens is 1. The molecule has 1 rings (SSSR count). The lowest BCUT2D eigenvalue weighted by Gasteiger charge is -2.15. The van der Waals surface area contributed by atoms with Crippen LogP contribution in [0.2, 0.25) is 0 Å². The van der Waals surface area contributed by atoms with Crippen molar-refractivity contribution in [3.8, 4) is 0 Å². The monoisotopic (exact) mass is 327 g/mol. The number of hydrogen-bond acceptors (Lipinski definition) is 3. The Morgan fingerprint density at radius 2 is 2.16 bits per heavy atom. The van der Waals surface area contributed by atoms with Gasteiger partial charge in [-0.2, -0.15) is 0 Å². The van der Waals surface area contributed by atoms with Crippen LogP contribution < -0.4 is 0 Å². The van der Waals surface area contributed by atoms with E-state index in [0.29, 0.717) is 0 Å². The van der Waals surface area contributed by atoms with Crippen molar-refractivity contribution < 1.29 is 9.53 Å². The summed E-state index contributed by atoms with van der Waals surface area (Å²) in [6.45, 7) is 4.02. The summed E-state index contributed by atoms with van der Waals surface area (Å²) >= 11 is 3.40. The zero-order valence-corrected chi connectivity index (χ0v) is 13.2. The smallest absolute Gasteiger partial charge is 0.320 e. The third-order valence-corrected chi connectivity index (χ3v) is 3.80. The highest BCUT2D eigenvalue weighted by Crippen LogP contribution is 2.19. The van der Waals surface area contributed by atoms with Crippen molar-refractivity contribution in [3.05, 3.63) is 30.1 Å². The first-order valence-electron chi connectivity index (χ1n) is 6.90. The van der Waals surface area contributed by atoms with Crippen LogP contribution in [0.3, 0.4) is 0 Å². The van der Waals surface area contributed by atoms with E-state index in [1.54, 1.807) is 6.20 Å². The Morgan fingerprint density at radius 3 is 2.79 bits per heavy atom. The molecule has 0 aliphatic carbocycles. The van der Waals surface area contributed by atoms with Gasteiger partial charge in [0.05, 0.1) is 5.69 Å². The second kappa shape index (κ2) is 9.08. The molecule has 2 atom stereocenters. The Balaban J connectivity index is 2.33. The van der Waals surface area contributed by atoms with Crippen molar-refractivity contribution >= 4 is 21.9 Å². The summed E-state index contributed by atoms with van der Waals surface area (Å²) in [6, 6.07) is 5.60. The van der Waals surface area contributed by atoms with Gasteiger partial charge in [-0.05, 0) is 25.5 Å². The highest BCUT2D eigenvalue weighted by Gasteiger charge is 2.19. The minimum Gasteiger partial charge on any atom is -0.455 e. The first-order valence-corrected chi connectivity index (χ1v) is 7.82. The number of hydrogen-bond donors (Lipinski definition) is 0. The number of pyridine rings is 1. The molecule has 0 saturated heterocycles. The van der Waals surface area contributed by atoms with Crippen LogP contribution in [0.4, 0.5) is 0 Å². The van der Waals surface area contributed by atoms with Crippen molar-refractivity contribution in [1.29, 1.82) is 0 Å². The van der Waals surface area contributed by atoms with E-state index in [9.17, 15) is 4.79 Å². The van der Waals surface area contributed by atoms with E-state index in [4.69, 9.17) is 4.74 Å². The largest absolute Gasteiger partial charge is 0.455 e. The van der Waals surface area contributed by atoms with Gasteiger partial charge in [-0.1, -0.05) is 54.6 Å². The number of ether oxygens (including phenoxy) is 1. The molecule has 4 heteroatoms. The summed E-state index contributed by atoms with van der Waals surface area (Å²) in [7, 11) is 0. The van der Waals surface area contributed by atoms with Crippen LogP contribution in [0.25, 0.3) is 0 Å². The Kier molecular flexibility index (Phi) is 7.72. The van der Waals surface area contributed by atoms with E-state index in [-0.39, 0.29) is 16.9 Å². The van der Waals surface area contributed by atoms with E-state index in [1.165, 1.54) is 19.3 Å². The van der Waals surface area contributed by atoms with Gasteiger partial charge in [0.25, 0.3) is 0 Å². The minimum atomic E-state index is -0.301. The van der Waals surface area contributed by atoms with Crippen molar-refractivity contribution in [2.24, 2.45) is 0 Å². The lowest BCUT2D eigenvalue weighted by Crippen LogP contribution is -2.19. The number of alkyl halides is 1. The number of rotatable bonds is 8. The van der Waals surface area contributed by atoms with Gasteiger partial charge in [-0.15, -0.1) is 0 Å². The zero-order chi connectivity index (χ0) is 14.1. The van der Waals surface area contributed by atoms with Crippen LogP contribution in [-0.2, 0) is 9.53 Å². The van der Waals surface area contributed by atoms with Crippen LogP contribution in [0.5, 0.6) is 0 Å². The first-order chi connectivity index (χ1) is 9.15. The van der Waals surface area contributed by atoms with Crippen molar-refractivity contribution in [2.75, 3.05) is 0 Å². The molecular formula is C15H22BrNO2. The topological polar surface area (TPSA) is 39.2 Å². The normalized spacial score (nSPS) is 13.8. The molecule has 0 aliphatic heterocycles. The predicted octanol–water partition coefficient (Wildman–Crippen LogP) is 4.42. The molecular weight excluding hydrogens is 306 g/mol. The Morgan fingerprint density at radius 1 is 1.37 bits per heavy atom. The highest BCUT2D eigenvalue weighted by atomic mass is 79.9. The van der Waals surface area contributed by atoms with Gasteiger partial charge < -0.3 is 4.74 Å². The number of halogens is 1. The van der Waals surface area contributed by atoms with Crippen LogP contribution >= 0.6 is 15.9 Å². The van der Waals surface area contributed by atoms with Gasteiger partial charge in [0.15, 0.2) is 0 Å². The molecule has 19 heavy (non-hydrogen) atoms. The highest BCUT2D eigenvalue weighted by molar-refractivity contribution is 9.10. The van der Waals surface area contributed by atoms with E-state index in [0.717, 1.165) is 18.5 Å². The summed E-state index contributed by atoms with van der Waals surface area (Å²) in [5.41, 5.74) is 0.779. The number of nitrogens with zero attached hydrogens (tertiary/aromatic N) is 1. The van der Waals surface area contributed by atoms with Crippen molar-refractivity contribution in [2.45, 2.75) is 56.9 Å². The lowest BCUT2D eigenvalue weighted by molar-refractivity contribution is -0.148. The second-order valence-electron chi connectivity index (χ2n) is 4.65. The van der Waals surface area contributed by atoms with Crippen LogP contribution in [0.1, 0.15) is 57.7 Å². The average molecular weight is 328 g/mol. The number of esters is 1. The molecule has 1 aromatic heterocycles. The first kappa shape index (κ1) is 16.2. The standard InChI is InChI=1S/C15H22BrNO2/c1-3-4-5-6-9-13(16)15(18)19-12(2)14-10-7-8-11-17-14/h7-8,10-13H,3-6,9H2,1-2H3. The molecule has 0 radical (unpaired) electrons. The molecule has 1 aromatic rings. The molecule has 1 heterocycles. The molecule has 0 N–H and O–H groups in total. The Labute approximate surface area is 123 Å². The Hall–Kier alpha value is -0.900. The number of carbonyl (C=O) groups is 1. The fourth-order valence-corrected chi connectivity index (χ4v) is 2.22. The molecule has 0 aromatic carbocycles. The fourth-order valence-electron chi connectivity index (χ4n) is 1.79. The molecule has 0 saturated carbocycles. The van der Waals surface area contributed by atoms with Gasteiger partial charge in [0.1, 0.15) is 10.9 Å². The number of carbonyl (C=O) groups excluding carboxylic acids is 1. The maximum absolute atomic E-state index is 11.9.